The van der Waals surface area contributed by atoms with Gasteiger partial charge < -0.3 is 40.5 Å². The molecule has 0 aliphatic rings. The van der Waals surface area contributed by atoms with Crippen molar-refractivity contribution in [2.45, 2.75) is 396 Å². The molecule has 12 nitrogen and oxygen atoms in total. The van der Waals surface area contributed by atoms with Crippen LogP contribution in [-0.4, -0.2) is 90.1 Å². The largest absolute Gasteiger partial charge is 0.481 e. The van der Waals surface area contributed by atoms with Crippen LogP contribution in [0.3, 0.4) is 0 Å². The van der Waals surface area contributed by atoms with Crippen molar-refractivity contribution in [1.29, 1.82) is 0 Å². The number of aliphatic hydroxyl groups is 3. The van der Waals surface area contributed by atoms with Gasteiger partial charge in [-0.1, -0.05) is 248 Å². The summed E-state index contributed by atoms with van der Waals surface area (Å²) in [5.74, 6) is -2.81. The summed E-state index contributed by atoms with van der Waals surface area (Å²) in [6.45, 7) is 0.0335. The number of rotatable bonds is 72. The van der Waals surface area contributed by atoms with Crippen LogP contribution in [0.2, 0.25) is 0 Å². The summed E-state index contributed by atoms with van der Waals surface area (Å²) in [5.41, 5.74) is -2.53. The fourth-order valence-corrected chi connectivity index (χ4v) is 12.4. The Morgan fingerprint density at radius 2 is 0.477 bits per heavy atom. The van der Waals surface area contributed by atoms with E-state index in [0.717, 1.165) is 276 Å². The van der Waals surface area contributed by atoms with E-state index in [9.17, 15) is 34.5 Å². The molecule has 0 saturated carbocycles. The second-order valence-electron chi connectivity index (χ2n) is 26.0. The molecule has 0 rings (SSSR count). The molecule has 12 heteroatoms. The van der Waals surface area contributed by atoms with Crippen molar-refractivity contribution in [3.63, 3.8) is 0 Å². The normalized spacial score (nSPS) is 13.3. The minimum Gasteiger partial charge on any atom is -0.481 e. The van der Waals surface area contributed by atoms with E-state index in [1.54, 1.807) is 0 Å². The average molecular weight is 1240 g/mol. The van der Waals surface area contributed by atoms with Crippen LogP contribution in [-0.2, 0) is 23.9 Å². The molecule has 0 aromatic rings. The first-order chi connectivity index (χ1) is 42.9. The number of ether oxygens (including phenoxy) is 1. The predicted octanol–water partition coefficient (Wildman–Crippen LogP) is 21.4. The lowest BCUT2D eigenvalue weighted by Gasteiger charge is -2.50. The lowest BCUT2D eigenvalue weighted by Crippen LogP contribution is -2.63. The molecule has 0 fully saturated rings. The lowest BCUT2D eigenvalue weighted by atomic mass is 9.69. The molecule has 0 saturated heterocycles. The van der Waals surface area contributed by atoms with E-state index in [4.69, 9.17) is 25.2 Å². The van der Waals surface area contributed by atoms with Crippen LogP contribution in [0.4, 0.5) is 0 Å². The molecule has 0 radical (unpaired) electrons. The first kappa shape index (κ1) is 84.7. The molecule has 0 aromatic heterocycles. The number of hydrogen-bond acceptors (Lipinski definition) is 8. The number of aliphatic hydroxyl groups excluding tert-OH is 2. The maximum Gasteiger partial charge on any atom is 0.303 e. The van der Waals surface area contributed by atoms with Gasteiger partial charge in [-0.2, -0.15) is 0 Å². The molecular weight excluding hydrogens is 1100 g/mol. The van der Waals surface area contributed by atoms with Gasteiger partial charge in [0.25, 0.3) is 0 Å². The van der Waals surface area contributed by atoms with E-state index in [1.807, 2.05) is 0 Å². The van der Waals surface area contributed by atoms with Crippen molar-refractivity contribution in [1.82, 2.24) is 0 Å². The average Bonchev–Trinajstić information content (AvgIpc) is 3.59. The van der Waals surface area contributed by atoms with Crippen LogP contribution in [0, 0.1) is 0 Å². The molecule has 0 aliphatic heterocycles. The zero-order chi connectivity index (χ0) is 64.4. The summed E-state index contributed by atoms with van der Waals surface area (Å²) in [6.07, 6.45) is 75.7. The van der Waals surface area contributed by atoms with E-state index in [2.05, 4.69) is 48.6 Å². The van der Waals surface area contributed by atoms with Crippen molar-refractivity contribution >= 4 is 23.9 Å². The molecule has 7 N–H and O–H groups in total. The minimum absolute atomic E-state index is 0.272. The third-order valence-electron chi connectivity index (χ3n) is 18.0. The first-order valence-electron chi connectivity index (χ1n) is 37.0. The van der Waals surface area contributed by atoms with Crippen LogP contribution in [0.25, 0.3) is 0 Å². The summed E-state index contributed by atoms with van der Waals surface area (Å²) in [5, 5.41) is 71.0. The summed E-state index contributed by atoms with van der Waals surface area (Å²) in [6, 6.07) is 0. The maximum atomic E-state index is 13.1. The van der Waals surface area contributed by atoms with E-state index >= 15 is 0 Å². The number of carbonyl (C=O) groups is 4. The third-order valence-corrected chi connectivity index (χ3v) is 18.0. The third kappa shape index (κ3) is 56.6. The SMILES string of the molecule is O=C(O)CCCCCCC/C=C\CCCCCCCCOC(CCCCCCCC/C=C\CCCCCCCC(=O)O)(CCCCCCCC/C=C\CCCCCCCC(=O)O)[C@@](O)(CCCCCCCC/C=C\CCCCCCCC(=O)O)[C@H](O)CO. The molecule has 514 valence electrons. The molecule has 0 unspecified atom stereocenters. The van der Waals surface area contributed by atoms with Crippen molar-refractivity contribution in [3.05, 3.63) is 48.6 Å². The van der Waals surface area contributed by atoms with Gasteiger partial charge in [0, 0.05) is 32.3 Å². The molecule has 0 heterocycles. The Bertz CT molecular complexity index is 1640. The van der Waals surface area contributed by atoms with E-state index in [1.165, 1.54) is 57.8 Å². The summed E-state index contributed by atoms with van der Waals surface area (Å²) in [4.78, 5) is 42.9. The zero-order valence-corrected chi connectivity index (χ0v) is 56.5. The predicted molar refractivity (Wildman–Crippen MR) is 366 cm³/mol. The summed E-state index contributed by atoms with van der Waals surface area (Å²) < 4.78 is 7.16. The molecule has 0 bridgehead atoms. The van der Waals surface area contributed by atoms with Crippen LogP contribution in [0.1, 0.15) is 379 Å². The summed E-state index contributed by atoms with van der Waals surface area (Å²) in [7, 11) is 0. The van der Waals surface area contributed by atoms with Crippen LogP contribution < -0.4 is 0 Å². The molecule has 0 aromatic carbocycles. The van der Waals surface area contributed by atoms with Gasteiger partial charge in [-0.15, -0.1) is 0 Å². The highest BCUT2D eigenvalue weighted by molar-refractivity contribution is 5.67. The molecule has 2 atom stereocenters. The van der Waals surface area contributed by atoms with Gasteiger partial charge in [0.05, 0.1) is 12.2 Å². The van der Waals surface area contributed by atoms with Gasteiger partial charge in [0.15, 0.2) is 0 Å². The maximum absolute atomic E-state index is 13.1. The number of unbranched alkanes of at least 4 members (excludes halogenated alkanes) is 44. The topological polar surface area (TPSA) is 219 Å². The van der Waals surface area contributed by atoms with E-state index in [0.29, 0.717) is 25.9 Å². The molecule has 0 aliphatic carbocycles. The van der Waals surface area contributed by atoms with Crippen molar-refractivity contribution < 1.29 is 59.7 Å². The highest BCUT2D eigenvalue weighted by Gasteiger charge is 2.54. The first-order valence-corrected chi connectivity index (χ1v) is 37.0. The van der Waals surface area contributed by atoms with E-state index < -0.39 is 47.8 Å². The fourth-order valence-electron chi connectivity index (χ4n) is 12.4. The lowest BCUT2D eigenvalue weighted by molar-refractivity contribution is -0.242. The quantitative estimate of drug-likeness (QED) is 0.0223. The summed E-state index contributed by atoms with van der Waals surface area (Å²) >= 11 is 0. The Morgan fingerprint density at radius 1 is 0.284 bits per heavy atom. The van der Waals surface area contributed by atoms with Crippen LogP contribution >= 0.6 is 0 Å². The number of carboxylic acid groups (broad SMARTS) is 4. The smallest absolute Gasteiger partial charge is 0.303 e. The minimum atomic E-state index is -1.57. The Kier molecular flexibility index (Phi) is 62.7. The number of carboxylic acids is 4. The highest BCUT2D eigenvalue weighted by Crippen LogP contribution is 2.43. The highest BCUT2D eigenvalue weighted by atomic mass is 16.5. The molecular formula is C76H138O12. The van der Waals surface area contributed by atoms with Gasteiger partial charge in [-0.05, 0) is 154 Å². The second-order valence-corrected chi connectivity index (χ2v) is 26.0. The Morgan fingerprint density at radius 3 is 0.705 bits per heavy atom. The molecule has 0 amide bonds. The fraction of sp³-hybridized carbons (Fsp3) is 0.842. The Hall–Kier alpha value is -3.32. The van der Waals surface area contributed by atoms with Gasteiger partial charge in [0.1, 0.15) is 11.7 Å². The van der Waals surface area contributed by atoms with E-state index in [-0.39, 0.29) is 25.7 Å². The van der Waals surface area contributed by atoms with Crippen molar-refractivity contribution in [2.24, 2.45) is 0 Å². The second kappa shape index (κ2) is 65.2. The van der Waals surface area contributed by atoms with Crippen LogP contribution in [0.15, 0.2) is 48.6 Å². The number of aliphatic carboxylic acids is 4. The van der Waals surface area contributed by atoms with Gasteiger partial charge in [0.2, 0.25) is 0 Å². The van der Waals surface area contributed by atoms with Crippen molar-refractivity contribution in [3.8, 4) is 0 Å². The van der Waals surface area contributed by atoms with Crippen LogP contribution in [0.5, 0.6) is 0 Å². The Balaban J connectivity index is 5.68. The van der Waals surface area contributed by atoms with Crippen molar-refractivity contribution in [2.75, 3.05) is 13.2 Å². The molecule has 88 heavy (non-hydrogen) atoms. The van der Waals surface area contributed by atoms with Gasteiger partial charge in [-0.25, -0.2) is 0 Å². The monoisotopic (exact) mass is 1240 g/mol. The standard InChI is InChI=1S/C76H138O12/c77-69-70(78)76(87,67-59-51-43-35-27-19-11-3-7-15-23-31-39-47-55-63-73(83)84)75(65-57-49-41-33-25-17-9-1-5-13-21-29-37-45-53-61-71(79)80,66-58-50-42-34-26-18-10-2-6-14-22-30-38-46-54-62-72(81)82)88-68-60-52-44-36-28-20-12-4-8-16-24-32-40-48-56-64-74(85)86/h1-8,70,77-78,87H,9-69H2,(H,79,80)(H,81,82)(H,83,84)(H,85,86)/b5-1-,6-2-,7-3-,8-4-/t70-,76-/m1/s1. The number of allylic oxidation sites excluding steroid dienone is 8. The number of hydrogen-bond donors (Lipinski definition) is 7. The van der Waals surface area contributed by atoms with Gasteiger partial charge in [-0.3, -0.25) is 19.2 Å². The zero-order valence-electron chi connectivity index (χ0n) is 56.5. The molecule has 0 spiro atoms. The van der Waals surface area contributed by atoms with Gasteiger partial charge >= 0.3 is 23.9 Å². The Labute approximate surface area is 539 Å².